The molecule has 0 aromatic heterocycles. The third-order valence-electron chi connectivity index (χ3n) is 6.99. The highest BCUT2D eigenvalue weighted by atomic mass is 16.7. The van der Waals surface area contributed by atoms with Crippen LogP contribution in [0.1, 0.15) is 50.5 Å². The highest BCUT2D eigenvalue weighted by molar-refractivity contribution is 5.81. The Hall–Kier alpha value is -1.47. The van der Waals surface area contributed by atoms with Crippen molar-refractivity contribution in [3.63, 3.8) is 0 Å². The second-order valence-electron chi connectivity index (χ2n) is 8.87. The van der Waals surface area contributed by atoms with Gasteiger partial charge >= 0.3 is 5.97 Å². The van der Waals surface area contributed by atoms with Gasteiger partial charge in [-0.1, -0.05) is 30.3 Å². The lowest BCUT2D eigenvalue weighted by Crippen LogP contribution is -2.61. The topological polar surface area (TPSA) is 66.0 Å². The molecule has 1 aromatic carbocycles. The molecular formula is C23H33NO5. The number of ether oxygens (including phenoxy) is 4. The number of carbonyl (C=O) groups excluding carboxylic acids is 1. The summed E-state index contributed by atoms with van der Waals surface area (Å²) in [6.45, 7) is 3.36. The van der Waals surface area contributed by atoms with Crippen molar-refractivity contribution >= 4 is 5.97 Å². The van der Waals surface area contributed by atoms with Gasteiger partial charge in [0.05, 0.1) is 33.5 Å². The van der Waals surface area contributed by atoms with Crippen LogP contribution in [0.15, 0.2) is 30.3 Å². The number of benzene rings is 1. The average molecular weight is 404 g/mol. The Morgan fingerprint density at radius 3 is 2.31 bits per heavy atom. The summed E-state index contributed by atoms with van der Waals surface area (Å²) in [6.07, 6.45) is 6.39. The molecule has 0 unspecified atom stereocenters. The van der Waals surface area contributed by atoms with E-state index in [0.717, 1.165) is 51.5 Å². The van der Waals surface area contributed by atoms with E-state index in [1.165, 1.54) is 12.7 Å². The minimum atomic E-state index is -0.517. The lowest BCUT2D eigenvalue weighted by molar-refractivity contribution is -0.197. The molecule has 4 rings (SSSR count). The minimum absolute atomic E-state index is 0.0358. The molecule has 0 bridgehead atoms. The van der Waals surface area contributed by atoms with Crippen LogP contribution in [0.4, 0.5) is 0 Å². The van der Waals surface area contributed by atoms with Crippen LogP contribution in [0.3, 0.4) is 0 Å². The van der Waals surface area contributed by atoms with Gasteiger partial charge in [-0.3, -0.25) is 4.79 Å². The zero-order chi connectivity index (χ0) is 20.2. The number of methoxy groups -OCH3 is 1. The fourth-order valence-electron chi connectivity index (χ4n) is 4.81. The molecule has 1 aliphatic heterocycles. The summed E-state index contributed by atoms with van der Waals surface area (Å²) in [7, 11) is 1.47. The number of carbonyl (C=O) groups is 1. The maximum absolute atomic E-state index is 12.3. The molecule has 1 spiro atoms. The number of rotatable bonds is 8. The molecule has 29 heavy (non-hydrogen) atoms. The van der Waals surface area contributed by atoms with E-state index in [1.807, 2.05) is 18.2 Å². The Morgan fingerprint density at radius 2 is 1.72 bits per heavy atom. The van der Waals surface area contributed by atoms with Crippen molar-refractivity contribution in [3.05, 3.63) is 35.9 Å². The van der Waals surface area contributed by atoms with Crippen LogP contribution in [0.5, 0.6) is 0 Å². The highest BCUT2D eigenvalue weighted by Gasteiger charge is 2.50. The maximum atomic E-state index is 12.3. The average Bonchev–Trinajstić information content (AvgIpc) is 3.18. The predicted molar refractivity (Wildman–Crippen MR) is 108 cm³/mol. The molecule has 3 aliphatic rings. The first kappa shape index (κ1) is 20.8. The first-order valence-corrected chi connectivity index (χ1v) is 10.8. The van der Waals surface area contributed by atoms with Crippen molar-refractivity contribution in [2.75, 3.05) is 33.5 Å². The van der Waals surface area contributed by atoms with Gasteiger partial charge in [0, 0.05) is 24.8 Å². The molecule has 0 radical (unpaired) electrons. The first-order chi connectivity index (χ1) is 14.1. The Balaban J connectivity index is 1.40. The van der Waals surface area contributed by atoms with Gasteiger partial charge in [-0.2, -0.15) is 0 Å². The third kappa shape index (κ3) is 4.50. The fraction of sp³-hybridized carbons (Fsp3) is 0.696. The first-order valence-electron chi connectivity index (χ1n) is 10.8. The lowest BCUT2D eigenvalue weighted by atomic mass is 9.70. The molecule has 2 aliphatic carbocycles. The van der Waals surface area contributed by atoms with E-state index in [2.05, 4.69) is 17.4 Å². The number of esters is 1. The molecule has 0 atom stereocenters. The van der Waals surface area contributed by atoms with Crippen LogP contribution in [-0.2, 0) is 30.3 Å². The summed E-state index contributed by atoms with van der Waals surface area (Å²) < 4.78 is 23.1. The van der Waals surface area contributed by atoms with Gasteiger partial charge in [-0.25, -0.2) is 0 Å². The summed E-state index contributed by atoms with van der Waals surface area (Å²) in [5.74, 6) is -0.543. The molecule has 1 N–H and O–H groups in total. The highest BCUT2D eigenvalue weighted by Crippen LogP contribution is 2.45. The second kappa shape index (κ2) is 8.72. The van der Waals surface area contributed by atoms with Crippen molar-refractivity contribution in [1.82, 2.24) is 5.32 Å². The predicted octanol–water partition coefficient (Wildman–Crippen LogP) is 3.19. The fourth-order valence-corrected chi connectivity index (χ4v) is 4.81. The molecule has 6 nitrogen and oxygen atoms in total. The van der Waals surface area contributed by atoms with Crippen molar-refractivity contribution in [1.29, 1.82) is 0 Å². The summed E-state index contributed by atoms with van der Waals surface area (Å²) in [5, 5.41) is 3.59. The summed E-state index contributed by atoms with van der Waals surface area (Å²) in [6, 6.07) is 10.3. The van der Waals surface area contributed by atoms with Gasteiger partial charge in [0.15, 0.2) is 5.79 Å². The Kier molecular flexibility index (Phi) is 6.25. The summed E-state index contributed by atoms with van der Waals surface area (Å²) in [4.78, 5) is 12.3. The standard InChI is InChI=1S/C23H33NO5/c1-26-20(25)22(8-5-9-22)24-17-21(18-27-16-19-6-3-2-4-7-19)10-12-23(13-11-21)28-14-15-29-23/h2-4,6-7,24H,5,8-18H2,1H3. The van der Waals surface area contributed by atoms with E-state index in [1.54, 1.807) is 0 Å². The Bertz CT molecular complexity index is 672. The van der Waals surface area contributed by atoms with E-state index < -0.39 is 11.3 Å². The van der Waals surface area contributed by atoms with Crippen molar-refractivity contribution in [2.45, 2.75) is 62.9 Å². The normalized spacial score (nSPS) is 24.2. The van der Waals surface area contributed by atoms with Gasteiger partial charge < -0.3 is 24.3 Å². The maximum Gasteiger partial charge on any atom is 0.326 e. The third-order valence-corrected chi connectivity index (χ3v) is 6.99. The SMILES string of the molecule is COC(=O)C1(NCC2(COCc3ccccc3)CCC3(CC2)OCCO3)CCC1. The van der Waals surface area contributed by atoms with Gasteiger partial charge in [-0.05, 0) is 37.7 Å². The van der Waals surface area contributed by atoms with Crippen LogP contribution in [0.25, 0.3) is 0 Å². The van der Waals surface area contributed by atoms with Crippen molar-refractivity contribution < 1.29 is 23.7 Å². The lowest BCUT2D eigenvalue weighted by Gasteiger charge is -2.47. The van der Waals surface area contributed by atoms with Gasteiger partial charge in [0.1, 0.15) is 5.54 Å². The molecule has 2 saturated carbocycles. The minimum Gasteiger partial charge on any atom is -0.468 e. The van der Waals surface area contributed by atoms with Crippen molar-refractivity contribution in [3.8, 4) is 0 Å². The van der Waals surface area contributed by atoms with E-state index in [4.69, 9.17) is 18.9 Å². The van der Waals surface area contributed by atoms with Gasteiger partial charge in [0.2, 0.25) is 0 Å². The molecular weight excluding hydrogens is 370 g/mol. The van der Waals surface area contributed by atoms with Crippen LogP contribution in [-0.4, -0.2) is 50.8 Å². The zero-order valence-corrected chi connectivity index (χ0v) is 17.4. The van der Waals surface area contributed by atoms with E-state index in [0.29, 0.717) is 26.4 Å². The Labute approximate surface area is 173 Å². The van der Waals surface area contributed by atoms with E-state index in [-0.39, 0.29) is 11.4 Å². The van der Waals surface area contributed by atoms with Crippen LogP contribution in [0, 0.1) is 5.41 Å². The van der Waals surface area contributed by atoms with Crippen molar-refractivity contribution in [2.24, 2.45) is 5.41 Å². The van der Waals surface area contributed by atoms with Crippen LogP contribution < -0.4 is 5.32 Å². The summed E-state index contributed by atoms with van der Waals surface area (Å²) >= 11 is 0. The molecule has 1 saturated heterocycles. The van der Waals surface area contributed by atoms with E-state index in [9.17, 15) is 4.79 Å². The van der Waals surface area contributed by atoms with E-state index >= 15 is 0 Å². The number of hydrogen-bond donors (Lipinski definition) is 1. The molecule has 1 heterocycles. The van der Waals surface area contributed by atoms with Gasteiger partial charge in [0.25, 0.3) is 0 Å². The van der Waals surface area contributed by atoms with Gasteiger partial charge in [-0.15, -0.1) is 0 Å². The number of nitrogens with one attached hydrogen (secondary N) is 1. The number of hydrogen-bond acceptors (Lipinski definition) is 6. The van der Waals surface area contributed by atoms with Crippen LogP contribution in [0.2, 0.25) is 0 Å². The van der Waals surface area contributed by atoms with Crippen LogP contribution >= 0.6 is 0 Å². The quantitative estimate of drug-likeness (QED) is 0.673. The molecule has 0 amide bonds. The molecule has 3 fully saturated rings. The molecule has 160 valence electrons. The molecule has 6 heteroatoms. The summed E-state index contributed by atoms with van der Waals surface area (Å²) in [5.41, 5.74) is 0.623. The molecule has 1 aromatic rings. The zero-order valence-electron chi connectivity index (χ0n) is 17.4. The Morgan fingerprint density at radius 1 is 1.03 bits per heavy atom. The monoisotopic (exact) mass is 403 g/mol. The largest absolute Gasteiger partial charge is 0.468 e. The smallest absolute Gasteiger partial charge is 0.326 e. The second-order valence-corrected chi connectivity index (χ2v) is 8.87.